The molecule has 16 heavy (non-hydrogen) atoms. The largest absolute Gasteiger partial charge is 0.356 e. The molecule has 92 valence electrons. The number of hydrogen-bond acceptors (Lipinski definition) is 2. The van der Waals surface area contributed by atoms with Crippen LogP contribution < -0.4 is 10.6 Å². The molecule has 3 nitrogen and oxygen atoms in total. The molecule has 2 rings (SSSR count). The molecule has 0 aromatic rings. The minimum absolute atomic E-state index is 0.617. The van der Waals surface area contributed by atoms with Gasteiger partial charge in [-0.3, -0.25) is 4.99 Å². The van der Waals surface area contributed by atoms with Crippen LogP contribution in [0.4, 0.5) is 0 Å². The second kappa shape index (κ2) is 6.38. The molecule has 2 aliphatic rings. The molecule has 1 atom stereocenters. The molecule has 1 aliphatic heterocycles. The van der Waals surface area contributed by atoms with Crippen molar-refractivity contribution in [2.24, 2.45) is 10.9 Å². The smallest absolute Gasteiger partial charge is 0.191 e. The molecular weight excluding hydrogens is 218 g/mol. The fourth-order valence-corrected chi connectivity index (χ4v) is 3.12. The molecule has 0 aromatic heterocycles. The SMILES string of the molecule is CN=C(NCCC1CC1)NC1CCCSC1. The van der Waals surface area contributed by atoms with Crippen molar-refractivity contribution in [2.75, 3.05) is 25.1 Å². The Morgan fingerprint density at radius 1 is 1.38 bits per heavy atom. The summed E-state index contributed by atoms with van der Waals surface area (Å²) in [6, 6.07) is 0.617. The highest BCUT2D eigenvalue weighted by molar-refractivity contribution is 7.99. The van der Waals surface area contributed by atoms with Gasteiger partial charge in [0.05, 0.1) is 0 Å². The Morgan fingerprint density at radius 2 is 2.25 bits per heavy atom. The van der Waals surface area contributed by atoms with Crippen molar-refractivity contribution < 1.29 is 0 Å². The van der Waals surface area contributed by atoms with Gasteiger partial charge >= 0.3 is 0 Å². The second-order valence-electron chi connectivity index (χ2n) is 4.79. The van der Waals surface area contributed by atoms with E-state index >= 15 is 0 Å². The van der Waals surface area contributed by atoms with Crippen LogP contribution >= 0.6 is 11.8 Å². The minimum Gasteiger partial charge on any atom is -0.356 e. The van der Waals surface area contributed by atoms with Crippen LogP contribution in [0.15, 0.2) is 4.99 Å². The lowest BCUT2D eigenvalue weighted by molar-refractivity contribution is 0.578. The van der Waals surface area contributed by atoms with Crippen LogP contribution in [0, 0.1) is 5.92 Å². The van der Waals surface area contributed by atoms with E-state index in [2.05, 4.69) is 15.6 Å². The summed E-state index contributed by atoms with van der Waals surface area (Å²) in [7, 11) is 1.86. The van der Waals surface area contributed by atoms with Gasteiger partial charge in [0.15, 0.2) is 5.96 Å². The van der Waals surface area contributed by atoms with Gasteiger partial charge < -0.3 is 10.6 Å². The van der Waals surface area contributed by atoms with E-state index in [0.29, 0.717) is 6.04 Å². The Balaban J connectivity index is 1.63. The van der Waals surface area contributed by atoms with E-state index < -0.39 is 0 Å². The van der Waals surface area contributed by atoms with Crippen LogP contribution in [-0.4, -0.2) is 37.1 Å². The summed E-state index contributed by atoms with van der Waals surface area (Å²) in [6.07, 6.45) is 6.80. The zero-order valence-corrected chi connectivity index (χ0v) is 11.0. The van der Waals surface area contributed by atoms with Gasteiger partial charge in [-0.1, -0.05) is 12.8 Å². The standard InChI is InChI=1S/C12H23N3S/c1-13-12(14-7-6-10-4-5-10)15-11-3-2-8-16-9-11/h10-11H,2-9H2,1H3,(H2,13,14,15). The van der Waals surface area contributed by atoms with Crippen molar-refractivity contribution in [1.82, 2.24) is 10.6 Å². The fraction of sp³-hybridized carbons (Fsp3) is 0.917. The normalized spacial score (nSPS) is 26.6. The molecule has 1 saturated carbocycles. The summed E-state index contributed by atoms with van der Waals surface area (Å²) >= 11 is 2.05. The van der Waals surface area contributed by atoms with Gasteiger partial charge in [-0.2, -0.15) is 11.8 Å². The van der Waals surface area contributed by atoms with Crippen LogP contribution in [0.2, 0.25) is 0 Å². The predicted octanol–water partition coefficient (Wildman–Crippen LogP) is 1.85. The summed E-state index contributed by atoms with van der Waals surface area (Å²) in [5.74, 6) is 4.54. The van der Waals surface area contributed by atoms with Crippen molar-refractivity contribution in [1.29, 1.82) is 0 Å². The average molecular weight is 241 g/mol. The van der Waals surface area contributed by atoms with E-state index in [1.165, 1.54) is 43.6 Å². The Kier molecular flexibility index (Phi) is 4.82. The number of nitrogens with one attached hydrogen (secondary N) is 2. The molecular formula is C12H23N3S. The van der Waals surface area contributed by atoms with Crippen molar-refractivity contribution >= 4 is 17.7 Å². The summed E-state index contributed by atoms with van der Waals surface area (Å²) in [6.45, 7) is 1.07. The van der Waals surface area contributed by atoms with Gasteiger partial charge in [0, 0.05) is 25.4 Å². The molecule has 0 bridgehead atoms. The highest BCUT2D eigenvalue weighted by Gasteiger charge is 2.20. The molecule has 1 heterocycles. The summed E-state index contributed by atoms with van der Waals surface area (Å²) in [5, 5.41) is 6.94. The third kappa shape index (κ3) is 4.24. The third-order valence-electron chi connectivity index (χ3n) is 3.27. The van der Waals surface area contributed by atoms with Crippen LogP contribution in [0.3, 0.4) is 0 Å². The van der Waals surface area contributed by atoms with Gasteiger partial charge in [-0.25, -0.2) is 0 Å². The van der Waals surface area contributed by atoms with E-state index in [1.807, 2.05) is 18.8 Å². The molecule has 0 aromatic carbocycles. The number of hydrogen-bond donors (Lipinski definition) is 2. The molecule has 1 saturated heterocycles. The maximum absolute atomic E-state index is 4.28. The number of nitrogens with zero attached hydrogens (tertiary/aromatic N) is 1. The summed E-state index contributed by atoms with van der Waals surface area (Å²) in [4.78, 5) is 4.28. The highest BCUT2D eigenvalue weighted by Crippen LogP contribution is 2.31. The Labute approximate surface area is 103 Å². The second-order valence-corrected chi connectivity index (χ2v) is 5.94. The molecule has 2 fully saturated rings. The monoisotopic (exact) mass is 241 g/mol. The van der Waals surface area contributed by atoms with Crippen LogP contribution in [0.5, 0.6) is 0 Å². The minimum atomic E-state index is 0.617. The summed E-state index contributed by atoms with van der Waals surface area (Å²) in [5.41, 5.74) is 0. The highest BCUT2D eigenvalue weighted by atomic mass is 32.2. The number of aliphatic imine (C=N–C) groups is 1. The maximum Gasteiger partial charge on any atom is 0.191 e. The topological polar surface area (TPSA) is 36.4 Å². The van der Waals surface area contributed by atoms with E-state index in [9.17, 15) is 0 Å². The first-order valence-electron chi connectivity index (χ1n) is 6.43. The first-order chi connectivity index (χ1) is 7.88. The summed E-state index contributed by atoms with van der Waals surface area (Å²) < 4.78 is 0. The van der Waals surface area contributed by atoms with Crippen molar-refractivity contribution in [2.45, 2.75) is 38.1 Å². The van der Waals surface area contributed by atoms with E-state index in [1.54, 1.807) is 0 Å². The van der Waals surface area contributed by atoms with Crippen LogP contribution in [0.25, 0.3) is 0 Å². The zero-order valence-electron chi connectivity index (χ0n) is 10.2. The van der Waals surface area contributed by atoms with Gasteiger partial charge in [0.25, 0.3) is 0 Å². The van der Waals surface area contributed by atoms with Crippen LogP contribution in [0.1, 0.15) is 32.1 Å². The number of thioether (sulfide) groups is 1. The van der Waals surface area contributed by atoms with E-state index in [4.69, 9.17) is 0 Å². The Morgan fingerprint density at radius 3 is 2.88 bits per heavy atom. The van der Waals surface area contributed by atoms with Gasteiger partial charge in [0.2, 0.25) is 0 Å². The lowest BCUT2D eigenvalue weighted by atomic mass is 10.2. The molecule has 1 aliphatic carbocycles. The first kappa shape index (κ1) is 12.1. The number of guanidine groups is 1. The molecule has 0 radical (unpaired) electrons. The zero-order chi connectivity index (χ0) is 11.2. The predicted molar refractivity (Wildman–Crippen MR) is 72.2 cm³/mol. The maximum atomic E-state index is 4.28. The van der Waals surface area contributed by atoms with Gasteiger partial charge in [-0.15, -0.1) is 0 Å². The lowest BCUT2D eigenvalue weighted by Crippen LogP contribution is -2.45. The lowest BCUT2D eigenvalue weighted by Gasteiger charge is -2.24. The van der Waals surface area contributed by atoms with Crippen molar-refractivity contribution in [3.05, 3.63) is 0 Å². The van der Waals surface area contributed by atoms with E-state index in [0.717, 1.165) is 18.4 Å². The van der Waals surface area contributed by atoms with E-state index in [-0.39, 0.29) is 0 Å². The average Bonchev–Trinajstić information content (AvgIpc) is 3.13. The molecule has 4 heteroatoms. The Bertz CT molecular complexity index is 232. The number of rotatable bonds is 4. The quantitative estimate of drug-likeness (QED) is 0.582. The molecule has 2 N–H and O–H groups in total. The van der Waals surface area contributed by atoms with Gasteiger partial charge in [-0.05, 0) is 30.9 Å². The molecule has 0 spiro atoms. The fourth-order valence-electron chi connectivity index (χ4n) is 2.04. The van der Waals surface area contributed by atoms with Gasteiger partial charge in [0.1, 0.15) is 0 Å². The molecule has 0 amide bonds. The van der Waals surface area contributed by atoms with Crippen molar-refractivity contribution in [3.63, 3.8) is 0 Å². The Hall–Kier alpha value is -0.380. The third-order valence-corrected chi connectivity index (χ3v) is 4.48. The van der Waals surface area contributed by atoms with Crippen molar-refractivity contribution in [3.8, 4) is 0 Å². The van der Waals surface area contributed by atoms with Crippen LogP contribution in [-0.2, 0) is 0 Å². The first-order valence-corrected chi connectivity index (χ1v) is 7.59. The molecule has 1 unspecified atom stereocenters.